The van der Waals surface area contributed by atoms with Crippen LogP contribution in [0.15, 0.2) is 30.3 Å². The Morgan fingerprint density at radius 1 is 1.17 bits per heavy atom. The van der Waals surface area contributed by atoms with Gasteiger partial charge in [0.2, 0.25) is 0 Å². The first-order valence-electron chi connectivity index (χ1n) is 6.41. The third-order valence-electron chi connectivity index (χ3n) is 3.04. The SMILES string of the molecule is N[C@H](Cc1ccc(Oc2ccc(O)c(I)c2I)cc1I)C(=O)O. The molecule has 0 saturated carbocycles. The smallest absolute Gasteiger partial charge is 0.320 e. The molecular weight excluding hydrogens is 639 g/mol. The molecule has 0 radical (unpaired) electrons. The van der Waals surface area contributed by atoms with Crippen molar-refractivity contribution in [2.75, 3.05) is 0 Å². The molecule has 0 bridgehead atoms. The van der Waals surface area contributed by atoms with Gasteiger partial charge in [0, 0.05) is 3.57 Å². The fourth-order valence-electron chi connectivity index (χ4n) is 1.81. The first-order valence-corrected chi connectivity index (χ1v) is 9.65. The number of hydrogen-bond acceptors (Lipinski definition) is 4. The Kier molecular flexibility index (Phi) is 6.74. The Labute approximate surface area is 174 Å². The van der Waals surface area contributed by atoms with Crippen LogP contribution < -0.4 is 10.5 Å². The van der Waals surface area contributed by atoms with Gasteiger partial charge < -0.3 is 20.7 Å². The molecule has 4 N–H and O–H groups in total. The second kappa shape index (κ2) is 8.16. The molecule has 0 unspecified atom stereocenters. The number of halogens is 3. The van der Waals surface area contributed by atoms with E-state index >= 15 is 0 Å². The lowest BCUT2D eigenvalue weighted by Crippen LogP contribution is -2.32. The minimum Gasteiger partial charge on any atom is -0.507 e. The number of aliphatic carboxylic acids is 1. The van der Waals surface area contributed by atoms with Crippen molar-refractivity contribution in [3.05, 3.63) is 46.6 Å². The van der Waals surface area contributed by atoms with Crippen molar-refractivity contribution in [1.82, 2.24) is 0 Å². The molecule has 2 rings (SSSR count). The van der Waals surface area contributed by atoms with Crippen LogP contribution in [0.25, 0.3) is 0 Å². The molecule has 8 heteroatoms. The van der Waals surface area contributed by atoms with Crippen LogP contribution in [0.3, 0.4) is 0 Å². The molecule has 2 aromatic rings. The number of ether oxygens (including phenoxy) is 1. The van der Waals surface area contributed by atoms with E-state index < -0.39 is 12.0 Å². The Morgan fingerprint density at radius 2 is 1.87 bits per heavy atom. The molecular formula is C15H12I3NO4. The highest BCUT2D eigenvalue weighted by Crippen LogP contribution is 2.35. The van der Waals surface area contributed by atoms with Crippen LogP contribution in [-0.4, -0.2) is 22.2 Å². The average Bonchev–Trinajstić information content (AvgIpc) is 2.50. The van der Waals surface area contributed by atoms with E-state index in [1.165, 1.54) is 0 Å². The van der Waals surface area contributed by atoms with E-state index in [4.69, 9.17) is 15.6 Å². The molecule has 0 amide bonds. The summed E-state index contributed by atoms with van der Waals surface area (Å²) < 4.78 is 8.31. The van der Waals surface area contributed by atoms with E-state index in [1.54, 1.807) is 18.2 Å². The molecule has 122 valence electrons. The van der Waals surface area contributed by atoms with Gasteiger partial charge in [-0.15, -0.1) is 0 Å². The average molecular weight is 651 g/mol. The largest absolute Gasteiger partial charge is 0.507 e. The van der Waals surface area contributed by atoms with Crippen molar-refractivity contribution in [2.45, 2.75) is 12.5 Å². The summed E-state index contributed by atoms with van der Waals surface area (Å²) in [4.78, 5) is 10.8. The fourth-order valence-corrected chi connectivity index (χ4v) is 3.53. The summed E-state index contributed by atoms with van der Waals surface area (Å²) in [6.45, 7) is 0. The van der Waals surface area contributed by atoms with E-state index in [-0.39, 0.29) is 12.2 Å². The monoisotopic (exact) mass is 651 g/mol. The normalized spacial score (nSPS) is 12.0. The molecule has 0 spiro atoms. The number of phenolic OH excluding ortho intramolecular Hbond substituents is 1. The van der Waals surface area contributed by atoms with E-state index in [1.807, 2.05) is 12.1 Å². The molecule has 5 nitrogen and oxygen atoms in total. The van der Waals surface area contributed by atoms with Crippen molar-refractivity contribution in [3.8, 4) is 17.2 Å². The van der Waals surface area contributed by atoms with Crippen molar-refractivity contribution in [1.29, 1.82) is 0 Å². The van der Waals surface area contributed by atoms with Gasteiger partial charge in [-0.3, -0.25) is 4.79 Å². The third-order valence-corrected chi connectivity index (χ3v) is 7.24. The van der Waals surface area contributed by atoms with Gasteiger partial charge >= 0.3 is 5.97 Å². The maximum absolute atomic E-state index is 10.8. The fraction of sp³-hybridized carbons (Fsp3) is 0.133. The predicted octanol–water partition coefficient (Wildman–Crippen LogP) is 3.95. The minimum atomic E-state index is -1.02. The summed E-state index contributed by atoms with van der Waals surface area (Å²) >= 11 is 6.31. The zero-order valence-electron chi connectivity index (χ0n) is 11.6. The quantitative estimate of drug-likeness (QED) is 0.427. The third kappa shape index (κ3) is 4.82. The molecule has 0 saturated heterocycles. The summed E-state index contributed by atoms with van der Waals surface area (Å²) in [5.41, 5.74) is 6.43. The van der Waals surface area contributed by atoms with E-state index in [9.17, 15) is 9.90 Å². The highest BCUT2D eigenvalue weighted by atomic mass is 127. The summed E-state index contributed by atoms with van der Waals surface area (Å²) in [6.07, 6.45) is 0.266. The van der Waals surface area contributed by atoms with Gasteiger partial charge in [0.05, 0.1) is 7.14 Å². The topological polar surface area (TPSA) is 92.8 Å². The Morgan fingerprint density at radius 3 is 2.48 bits per heavy atom. The summed E-state index contributed by atoms with van der Waals surface area (Å²) in [5, 5.41) is 18.6. The molecule has 1 atom stereocenters. The van der Waals surface area contributed by atoms with Crippen molar-refractivity contribution < 1.29 is 19.7 Å². The second-order valence-corrected chi connectivity index (χ2v) is 8.03. The number of hydrogen-bond donors (Lipinski definition) is 3. The zero-order valence-corrected chi connectivity index (χ0v) is 18.1. The molecule has 0 heterocycles. The highest BCUT2D eigenvalue weighted by Gasteiger charge is 2.15. The first-order chi connectivity index (χ1) is 10.8. The van der Waals surface area contributed by atoms with Crippen LogP contribution in [0.2, 0.25) is 0 Å². The standard InChI is InChI=1S/C15H12I3NO4/c16-9-6-8(2-1-7(9)5-10(19)15(21)22)23-12-4-3-11(20)13(17)14(12)18/h1-4,6,10,20H,5,19H2,(H,21,22)/t10-/m1/s1. The summed E-state index contributed by atoms with van der Waals surface area (Å²) in [7, 11) is 0. The maximum atomic E-state index is 10.8. The molecule has 0 aliphatic heterocycles. The van der Waals surface area contributed by atoms with Crippen LogP contribution in [0, 0.1) is 10.7 Å². The number of carboxylic acids is 1. The number of benzene rings is 2. The number of nitrogens with two attached hydrogens (primary N) is 1. The Balaban J connectivity index is 2.21. The van der Waals surface area contributed by atoms with E-state index in [2.05, 4.69) is 67.8 Å². The molecule has 2 aromatic carbocycles. The molecule has 0 aromatic heterocycles. The van der Waals surface area contributed by atoms with Gasteiger partial charge in [-0.2, -0.15) is 0 Å². The number of rotatable bonds is 5. The number of phenols is 1. The van der Waals surface area contributed by atoms with Gasteiger partial charge in [0.15, 0.2) is 0 Å². The Bertz CT molecular complexity index is 752. The van der Waals surface area contributed by atoms with Crippen molar-refractivity contribution in [3.63, 3.8) is 0 Å². The lowest BCUT2D eigenvalue weighted by atomic mass is 10.1. The van der Waals surface area contributed by atoms with Crippen LogP contribution in [0.1, 0.15) is 5.56 Å². The number of carbonyl (C=O) groups is 1. The second-order valence-electron chi connectivity index (χ2n) is 4.71. The predicted molar refractivity (Wildman–Crippen MR) is 112 cm³/mol. The summed E-state index contributed by atoms with van der Waals surface area (Å²) in [5.74, 6) is 0.490. The van der Waals surface area contributed by atoms with Crippen LogP contribution in [0.4, 0.5) is 0 Å². The number of carboxylic acid groups (broad SMARTS) is 1. The molecule has 0 fully saturated rings. The van der Waals surface area contributed by atoms with Gasteiger partial charge in [-0.1, -0.05) is 6.07 Å². The lowest BCUT2D eigenvalue weighted by molar-refractivity contribution is -0.138. The minimum absolute atomic E-state index is 0.218. The van der Waals surface area contributed by atoms with Crippen molar-refractivity contribution >= 4 is 73.7 Å². The van der Waals surface area contributed by atoms with Crippen LogP contribution in [-0.2, 0) is 11.2 Å². The Hall–Kier alpha value is -0.340. The molecule has 23 heavy (non-hydrogen) atoms. The van der Waals surface area contributed by atoms with E-state index in [0.29, 0.717) is 11.5 Å². The van der Waals surface area contributed by atoms with Crippen LogP contribution in [0.5, 0.6) is 17.2 Å². The van der Waals surface area contributed by atoms with Gasteiger partial charge in [0.25, 0.3) is 0 Å². The highest BCUT2D eigenvalue weighted by molar-refractivity contribution is 14.1. The molecule has 0 aliphatic rings. The maximum Gasteiger partial charge on any atom is 0.320 e. The molecule has 0 aliphatic carbocycles. The van der Waals surface area contributed by atoms with Gasteiger partial charge in [0.1, 0.15) is 23.3 Å². The summed E-state index contributed by atoms with van der Waals surface area (Å²) in [6, 6.07) is 7.81. The van der Waals surface area contributed by atoms with E-state index in [0.717, 1.165) is 16.3 Å². The van der Waals surface area contributed by atoms with Gasteiger partial charge in [-0.25, -0.2) is 0 Å². The zero-order chi connectivity index (χ0) is 17.1. The van der Waals surface area contributed by atoms with Crippen molar-refractivity contribution in [2.24, 2.45) is 5.73 Å². The van der Waals surface area contributed by atoms with Crippen LogP contribution >= 0.6 is 67.8 Å². The van der Waals surface area contributed by atoms with Gasteiger partial charge in [-0.05, 0) is 104 Å². The number of aromatic hydroxyl groups is 1. The first kappa shape index (κ1) is 19.0. The lowest BCUT2D eigenvalue weighted by Gasteiger charge is -2.13.